The number of nitrogens with zero attached hydrogens (tertiary/aromatic N) is 1. The van der Waals surface area contributed by atoms with Crippen LogP contribution in [0.3, 0.4) is 0 Å². The lowest BCUT2D eigenvalue weighted by molar-refractivity contribution is -0.128. The van der Waals surface area contributed by atoms with E-state index in [1.807, 2.05) is 55.5 Å². The van der Waals surface area contributed by atoms with Crippen LogP contribution in [0.15, 0.2) is 48.5 Å². The van der Waals surface area contributed by atoms with Gasteiger partial charge in [-0.3, -0.25) is 9.59 Å². The topological polar surface area (TPSA) is 67.9 Å². The first-order valence-corrected chi connectivity index (χ1v) is 14.4. The maximum atomic E-state index is 13.1. The third-order valence-corrected chi connectivity index (χ3v) is 8.87. The van der Waals surface area contributed by atoms with E-state index in [9.17, 15) is 9.59 Å². The van der Waals surface area contributed by atoms with Crippen LogP contribution in [0.2, 0.25) is 0 Å². The Morgan fingerprint density at radius 2 is 1.74 bits per heavy atom. The van der Waals surface area contributed by atoms with Gasteiger partial charge in [-0.15, -0.1) is 12.6 Å². The van der Waals surface area contributed by atoms with Crippen LogP contribution in [0.1, 0.15) is 30.0 Å². The fourth-order valence-corrected chi connectivity index (χ4v) is 5.57. The quantitative estimate of drug-likeness (QED) is 0.0916. The van der Waals surface area contributed by atoms with E-state index in [-0.39, 0.29) is 27.6 Å². The molecule has 1 aliphatic heterocycles. The summed E-state index contributed by atoms with van der Waals surface area (Å²) in [5, 5.41) is 2.74. The van der Waals surface area contributed by atoms with E-state index in [1.54, 1.807) is 15.7 Å². The van der Waals surface area contributed by atoms with Crippen molar-refractivity contribution in [1.29, 1.82) is 0 Å². The van der Waals surface area contributed by atoms with E-state index in [4.69, 9.17) is 9.47 Å². The van der Waals surface area contributed by atoms with Crippen molar-refractivity contribution in [2.24, 2.45) is 0 Å². The summed E-state index contributed by atoms with van der Waals surface area (Å²) in [6, 6.07) is 15.2. The first-order chi connectivity index (χ1) is 16.9. The zero-order valence-corrected chi connectivity index (χ0v) is 22.7. The van der Waals surface area contributed by atoms with E-state index in [0.717, 1.165) is 16.7 Å². The standard InChI is InChI=1S/C25H28N2O4S4/c1-18(32)34-35-25(33)31-15-14-30-13-12-26-23(28)16-24(29)27-17-21-8-3-2-6-19(21)10-11-20-7-4-5-9-22(20)27/h2-9,18,25,32-33H,12-17H2,1H3,(H,26,28). The predicted octanol–water partition coefficient (Wildman–Crippen LogP) is 4.34. The number of rotatable bonds is 12. The molecule has 2 amide bonds. The SMILES string of the molecule is CC(S)SSC(S)OCCOCCNC(=O)CC(=O)N1Cc2ccccc2C#Cc2ccccc21. The molecule has 0 radical (unpaired) electrons. The molecule has 2 unspecified atom stereocenters. The van der Waals surface area contributed by atoms with Crippen molar-refractivity contribution in [1.82, 2.24) is 5.32 Å². The smallest absolute Gasteiger partial charge is 0.236 e. The Balaban J connectivity index is 1.44. The molecule has 0 fully saturated rings. The number of nitrogens with one attached hydrogen (secondary N) is 1. The van der Waals surface area contributed by atoms with Crippen molar-refractivity contribution in [2.75, 3.05) is 31.3 Å². The molecule has 2 aromatic carbocycles. The van der Waals surface area contributed by atoms with Gasteiger partial charge in [0.25, 0.3) is 0 Å². The van der Waals surface area contributed by atoms with Gasteiger partial charge in [0.15, 0.2) is 4.77 Å². The maximum Gasteiger partial charge on any atom is 0.236 e. The van der Waals surface area contributed by atoms with Crippen molar-refractivity contribution >= 4 is 64.3 Å². The number of hydrogen-bond donors (Lipinski definition) is 3. The van der Waals surface area contributed by atoms with Crippen LogP contribution in [0.4, 0.5) is 5.69 Å². The highest BCUT2D eigenvalue weighted by Crippen LogP contribution is 2.34. The molecule has 1 heterocycles. The molecule has 6 nitrogen and oxygen atoms in total. The predicted molar refractivity (Wildman–Crippen MR) is 151 cm³/mol. The van der Waals surface area contributed by atoms with Gasteiger partial charge in [0, 0.05) is 17.7 Å². The molecular weight excluding hydrogens is 521 g/mol. The summed E-state index contributed by atoms with van der Waals surface area (Å²) in [6.07, 6.45) is -0.257. The summed E-state index contributed by atoms with van der Waals surface area (Å²) in [7, 11) is 3.07. The summed E-state index contributed by atoms with van der Waals surface area (Å²) in [4.78, 5) is 27.2. The van der Waals surface area contributed by atoms with E-state index in [2.05, 4.69) is 42.4 Å². The monoisotopic (exact) mass is 548 g/mol. The van der Waals surface area contributed by atoms with Gasteiger partial charge in [-0.05, 0) is 30.7 Å². The maximum absolute atomic E-state index is 13.1. The zero-order valence-electron chi connectivity index (χ0n) is 19.3. The number of amides is 2. The fraction of sp³-hybridized carbons (Fsp3) is 0.360. The Morgan fingerprint density at radius 1 is 1.03 bits per heavy atom. The largest absolute Gasteiger partial charge is 0.377 e. The van der Waals surface area contributed by atoms with Crippen molar-refractivity contribution < 1.29 is 19.1 Å². The minimum atomic E-state index is -0.349. The summed E-state index contributed by atoms with van der Waals surface area (Å²) in [5.74, 6) is 5.71. The van der Waals surface area contributed by atoms with Crippen LogP contribution in [0, 0.1) is 11.8 Å². The van der Waals surface area contributed by atoms with Gasteiger partial charge in [0.1, 0.15) is 6.42 Å². The highest BCUT2D eigenvalue weighted by molar-refractivity contribution is 8.79. The number of thiol groups is 2. The summed E-state index contributed by atoms with van der Waals surface area (Å²) in [5.41, 5.74) is 3.29. The Labute approximate surface area is 225 Å². The normalized spacial score (nSPS) is 13.9. The number of carbonyl (C=O) groups is 2. The first-order valence-electron chi connectivity index (χ1n) is 11.1. The van der Waals surface area contributed by atoms with Crippen LogP contribution in [-0.4, -0.2) is 47.5 Å². The second-order valence-electron chi connectivity index (χ2n) is 7.51. The minimum absolute atomic E-state index is 0.202. The molecule has 3 rings (SSSR count). The average molecular weight is 549 g/mol. The average Bonchev–Trinajstić information content (AvgIpc) is 2.83. The molecule has 1 aliphatic rings. The van der Waals surface area contributed by atoms with Crippen LogP contribution in [-0.2, 0) is 25.6 Å². The highest BCUT2D eigenvalue weighted by Gasteiger charge is 2.23. The number of anilines is 1. The lowest BCUT2D eigenvalue weighted by Crippen LogP contribution is -2.37. The minimum Gasteiger partial charge on any atom is -0.377 e. The molecule has 0 aliphatic carbocycles. The lowest BCUT2D eigenvalue weighted by Gasteiger charge is -2.25. The number of carbonyl (C=O) groups excluding carboxylic acids is 2. The molecule has 1 N–H and O–H groups in total. The number of benzene rings is 2. The van der Waals surface area contributed by atoms with E-state index >= 15 is 0 Å². The second-order valence-corrected chi connectivity index (χ2v) is 12.1. The van der Waals surface area contributed by atoms with Gasteiger partial charge in [-0.2, -0.15) is 12.6 Å². The Kier molecular flexibility index (Phi) is 11.7. The molecule has 0 aromatic heterocycles. The van der Waals surface area contributed by atoms with E-state index in [0.29, 0.717) is 38.6 Å². The van der Waals surface area contributed by atoms with Crippen LogP contribution in [0.5, 0.6) is 0 Å². The summed E-state index contributed by atoms with van der Waals surface area (Å²) < 4.78 is 10.9. The fourth-order valence-electron chi connectivity index (χ4n) is 3.23. The molecule has 0 saturated heterocycles. The number of para-hydroxylation sites is 1. The zero-order chi connectivity index (χ0) is 25.0. The Morgan fingerprint density at radius 3 is 2.54 bits per heavy atom. The molecule has 10 heteroatoms. The van der Waals surface area contributed by atoms with Gasteiger partial charge in [0.2, 0.25) is 11.8 Å². The first kappa shape index (κ1) is 27.8. The molecule has 35 heavy (non-hydrogen) atoms. The van der Waals surface area contributed by atoms with Gasteiger partial charge in [-0.1, -0.05) is 63.8 Å². The van der Waals surface area contributed by atoms with Crippen LogP contribution < -0.4 is 10.2 Å². The Bertz CT molecular complexity index is 1070. The number of fused-ring (bicyclic) bond motifs is 2. The molecular formula is C25H28N2O4S4. The molecule has 2 atom stereocenters. The number of ether oxygens (including phenoxy) is 2. The van der Waals surface area contributed by atoms with Gasteiger partial charge in [0.05, 0.1) is 36.6 Å². The molecule has 0 spiro atoms. The van der Waals surface area contributed by atoms with E-state index < -0.39 is 0 Å². The molecule has 0 bridgehead atoms. The summed E-state index contributed by atoms with van der Waals surface area (Å²) >= 11 is 8.61. The van der Waals surface area contributed by atoms with Crippen LogP contribution >= 0.6 is 46.8 Å². The Hall–Kier alpha value is -1.74. The molecule has 2 aromatic rings. The molecule has 186 valence electrons. The molecule has 0 saturated carbocycles. The highest BCUT2D eigenvalue weighted by atomic mass is 33.1. The summed E-state index contributed by atoms with van der Waals surface area (Å²) in [6.45, 7) is 3.75. The van der Waals surface area contributed by atoms with Crippen molar-refractivity contribution in [3.05, 3.63) is 65.2 Å². The van der Waals surface area contributed by atoms with Crippen molar-refractivity contribution in [3.8, 4) is 11.8 Å². The second kappa shape index (κ2) is 14.7. The van der Waals surface area contributed by atoms with Gasteiger partial charge < -0.3 is 19.7 Å². The lowest BCUT2D eigenvalue weighted by atomic mass is 10.0. The van der Waals surface area contributed by atoms with Crippen molar-refractivity contribution in [2.45, 2.75) is 29.2 Å². The number of hydrogen-bond acceptors (Lipinski definition) is 8. The van der Waals surface area contributed by atoms with E-state index in [1.165, 1.54) is 10.8 Å². The third-order valence-electron chi connectivity index (χ3n) is 4.82. The van der Waals surface area contributed by atoms with Crippen LogP contribution in [0.25, 0.3) is 0 Å². The third kappa shape index (κ3) is 9.33. The van der Waals surface area contributed by atoms with Crippen molar-refractivity contribution in [3.63, 3.8) is 0 Å². The van der Waals surface area contributed by atoms with Gasteiger partial charge >= 0.3 is 0 Å². The van der Waals surface area contributed by atoms with Gasteiger partial charge in [-0.25, -0.2) is 0 Å².